The number of nitrogens with zero attached hydrogens (tertiary/aromatic N) is 1. The summed E-state index contributed by atoms with van der Waals surface area (Å²) < 4.78 is 15.7. The van der Waals surface area contributed by atoms with Gasteiger partial charge >= 0.3 is 5.97 Å². The molecule has 36 heavy (non-hydrogen) atoms. The summed E-state index contributed by atoms with van der Waals surface area (Å²) in [6, 6.07) is 22.5. The van der Waals surface area contributed by atoms with E-state index in [-0.39, 0.29) is 31.0 Å². The average Bonchev–Trinajstić information content (AvgIpc) is 3.28. The molecule has 0 aliphatic carbocycles. The van der Waals surface area contributed by atoms with Gasteiger partial charge in [-0.15, -0.1) is 0 Å². The van der Waals surface area contributed by atoms with Gasteiger partial charge < -0.3 is 24.6 Å². The highest BCUT2D eigenvalue weighted by atomic mass is 16.5. The number of ether oxygens (including phenoxy) is 2. The third-order valence-corrected chi connectivity index (χ3v) is 5.14. The van der Waals surface area contributed by atoms with Crippen molar-refractivity contribution >= 4 is 40.1 Å². The summed E-state index contributed by atoms with van der Waals surface area (Å²) in [6.45, 7) is 1.25. The molecule has 4 aromatic rings. The molecule has 4 rings (SSSR count). The van der Waals surface area contributed by atoms with Crippen molar-refractivity contribution in [2.45, 2.75) is 26.2 Å². The third-order valence-electron chi connectivity index (χ3n) is 5.14. The standard InChI is InChI=1S/C27H25N3O6/c1-18-15-24(30-36-18)29-26(32)17-34-27(33)8-4-7-25(31)28-21-10-13-22(14-11-21)35-23-12-9-19-5-2-3-6-20(19)16-23/h2-3,5-6,9-16H,4,7-8,17H2,1H3,(H,28,31)(H,29,30,32). The molecule has 1 aromatic heterocycles. The Kier molecular flexibility index (Phi) is 7.92. The Balaban J connectivity index is 1.15. The molecule has 0 saturated heterocycles. The summed E-state index contributed by atoms with van der Waals surface area (Å²) in [7, 11) is 0. The molecule has 0 aliphatic heterocycles. The topological polar surface area (TPSA) is 120 Å². The first-order valence-corrected chi connectivity index (χ1v) is 11.4. The molecule has 0 aliphatic rings. The Morgan fingerprint density at radius 1 is 0.833 bits per heavy atom. The number of amides is 2. The van der Waals surface area contributed by atoms with Gasteiger partial charge in [-0.05, 0) is 60.5 Å². The van der Waals surface area contributed by atoms with E-state index in [1.165, 1.54) is 0 Å². The van der Waals surface area contributed by atoms with Crippen molar-refractivity contribution in [1.82, 2.24) is 5.16 Å². The Morgan fingerprint density at radius 2 is 1.58 bits per heavy atom. The Morgan fingerprint density at radius 3 is 2.33 bits per heavy atom. The molecule has 0 spiro atoms. The average molecular weight is 488 g/mol. The van der Waals surface area contributed by atoms with Crippen LogP contribution in [0.4, 0.5) is 11.5 Å². The number of anilines is 2. The molecule has 0 unspecified atom stereocenters. The van der Waals surface area contributed by atoms with E-state index in [1.54, 1.807) is 37.3 Å². The number of carbonyl (C=O) groups excluding carboxylic acids is 3. The lowest BCUT2D eigenvalue weighted by molar-refractivity contribution is -0.147. The number of hydrogen-bond donors (Lipinski definition) is 2. The normalized spacial score (nSPS) is 10.6. The number of esters is 1. The molecule has 3 aromatic carbocycles. The fourth-order valence-electron chi connectivity index (χ4n) is 3.41. The van der Waals surface area contributed by atoms with Gasteiger partial charge in [-0.2, -0.15) is 0 Å². The third kappa shape index (κ3) is 7.17. The molecule has 184 valence electrons. The second-order valence-electron chi connectivity index (χ2n) is 8.07. The van der Waals surface area contributed by atoms with Crippen LogP contribution in [0.15, 0.2) is 77.3 Å². The molecule has 0 fully saturated rings. The second-order valence-corrected chi connectivity index (χ2v) is 8.07. The first-order chi connectivity index (χ1) is 17.4. The monoisotopic (exact) mass is 487 g/mol. The molecular weight excluding hydrogens is 462 g/mol. The zero-order valence-corrected chi connectivity index (χ0v) is 19.7. The highest BCUT2D eigenvalue weighted by Crippen LogP contribution is 2.26. The lowest BCUT2D eigenvalue weighted by Gasteiger charge is -2.09. The van der Waals surface area contributed by atoms with Crippen molar-refractivity contribution in [1.29, 1.82) is 0 Å². The van der Waals surface area contributed by atoms with E-state index in [9.17, 15) is 14.4 Å². The molecule has 1 heterocycles. The van der Waals surface area contributed by atoms with Crippen LogP contribution in [0, 0.1) is 6.92 Å². The van der Waals surface area contributed by atoms with Crippen LogP contribution in [0.3, 0.4) is 0 Å². The molecular formula is C27H25N3O6. The number of benzene rings is 3. The van der Waals surface area contributed by atoms with Crippen LogP contribution < -0.4 is 15.4 Å². The highest BCUT2D eigenvalue weighted by molar-refractivity contribution is 5.92. The number of aryl methyl sites for hydroxylation is 1. The molecule has 0 radical (unpaired) electrons. The van der Waals surface area contributed by atoms with E-state index in [1.807, 2.05) is 42.5 Å². The highest BCUT2D eigenvalue weighted by Gasteiger charge is 2.11. The largest absolute Gasteiger partial charge is 0.457 e. The van der Waals surface area contributed by atoms with Crippen molar-refractivity contribution in [3.8, 4) is 11.5 Å². The van der Waals surface area contributed by atoms with Crippen LogP contribution >= 0.6 is 0 Å². The predicted octanol–water partition coefficient (Wildman–Crippen LogP) is 5.22. The van der Waals surface area contributed by atoms with Crippen molar-refractivity contribution < 1.29 is 28.4 Å². The van der Waals surface area contributed by atoms with Gasteiger partial charge in [0.2, 0.25) is 5.91 Å². The van der Waals surface area contributed by atoms with E-state index in [0.717, 1.165) is 16.5 Å². The molecule has 0 saturated carbocycles. The van der Waals surface area contributed by atoms with Crippen molar-refractivity contribution in [3.05, 3.63) is 78.6 Å². The van der Waals surface area contributed by atoms with Gasteiger partial charge in [-0.3, -0.25) is 14.4 Å². The van der Waals surface area contributed by atoms with Gasteiger partial charge in [0.1, 0.15) is 17.3 Å². The van der Waals surface area contributed by atoms with E-state index < -0.39 is 18.5 Å². The maximum atomic E-state index is 12.2. The molecule has 9 nitrogen and oxygen atoms in total. The second kappa shape index (κ2) is 11.7. The summed E-state index contributed by atoms with van der Waals surface area (Å²) >= 11 is 0. The summed E-state index contributed by atoms with van der Waals surface area (Å²) in [5, 5.41) is 11.1. The molecule has 0 bridgehead atoms. The van der Waals surface area contributed by atoms with E-state index in [0.29, 0.717) is 17.2 Å². The van der Waals surface area contributed by atoms with Crippen LogP contribution in [-0.2, 0) is 19.1 Å². The van der Waals surface area contributed by atoms with Crippen molar-refractivity contribution in [3.63, 3.8) is 0 Å². The molecule has 9 heteroatoms. The number of nitrogens with one attached hydrogen (secondary N) is 2. The Labute approximate surface area is 207 Å². The quantitative estimate of drug-likeness (QED) is 0.294. The number of carbonyl (C=O) groups is 3. The van der Waals surface area contributed by atoms with Crippen LogP contribution in [0.5, 0.6) is 11.5 Å². The zero-order chi connectivity index (χ0) is 25.3. The maximum absolute atomic E-state index is 12.2. The lowest BCUT2D eigenvalue weighted by atomic mass is 10.1. The smallest absolute Gasteiger partial charge is 0.306 e. The van der Waals surface area contributed by atoms with Gasteiger partial charge in [-0.1, -0.05) is 35.5 Å². The number of aromatic nitrogens is 1. The number of fused-ring (bicyclic) bond motifs is 1. The first-order valence-electron chi connectivity index (χ1n) is 11.4. The molecule has 2 amide bonds. The number of hydrogen-bond acceptors (Lipinski definition) is 7. The predicted molar refractivity (Wildman–Crippen MR) is 134 cm³/mol. The van der Waals surface area contributed by atoms with E-state index >= 15 is 0 Å². The Bertz CT molecular complexity index is 1360. The fourth-order valence-corrected chi connectivity index (χ4v) is 3.41. The lowest BCUT2D eigenvalue weighted by Crippen LogP contribution is -2.21. The van der Waals surface area contributed by atoms with Gasteiger partial charge in [0, 0.05) is 24.6 Å². The number of rotatable bonds is 10. The summed E-state index contributed by atoms with van der Waals surface area (Å²) in [5.41, 5.74) is 0.619. The van der Waals surface area contributed by atoms with Gasteiger partial charge in [0.15, 0.2) is 12.4 Å². The zero-order valence-electron chi connectivity index (χ0n) is 19.7. The molecule has 2 N–H and O–H groups in total. The minimum absolute atomic E-state index is 0.0162. The van der Waals surface area contributed by atoms with Gasteiger partial charge in [0.25, 0.3) is 5.91 Å². The first kappa shape index (κ1) is 24.5. The summed E-state index contributed by atoms with van der Waals surface area (Å²) in [4.78, 5) is 35.8. The van der Waals surface area contributed by atoms with E-state index in [4.69, 9.17) is 14.0 Å². The van der Waals surface area contributed by atoms with Crippen molar-refractivity contribution in [2.24, 2.45) is 0 Å². The van der Waals surface area contributed by atoms with E-state index in [2.05, 4.69) is 15.8 Å². The van der Waals surface area contributed by atoms with Gasteiger partial charge in [-0.25, -0.2) is 0 Å². The minimum atomic E-state index is -0.565. The molecule has 0 atom stereocenters. The van der Waals surface area contributed by atoms with Crippen LogP contribution in [-0.4, -0.2) is 29.5 Å². The van der Waals surface area contributed by atoms with Crippen molar-refractivity contribution in [2.75, 3.05) is 17.2 Å². The fraction of sp³-hybridized carbons (Fsp3) is 0.185. The summed E-state index contributed by atoms with van der Waals surface area (Å²) in [6.07, 6.45) is 0.440. The minimum Gasteiger partial charge on any atom is -0.457 e. The van der Waals surface area contributed by atoms with Crippen LogP contribution in [0.1, 0.15) is 25.0 Å². The maximum Gasteiger partial charge on any atom is 0.306 e. The van der Waals surface area contributed by atoms with Gasteiger partial charge in [0.05, 0.1) is 0 Å². The SMILES string of the molecule is Cc1cc(NC(=O)COC(=O)CCCC(=O)Nc2ccc(Oc3ccc4ccccc4c3)cc2)no1. The Hall–Kier alpha value is -4.66. The van der Waals surface area contributed by atoms with Crippen LogP contribution in [0.25, 0.3) is 10.8 Å². The summed E-state index contributed by atoms with van der Waals surface area (Å²) in [5.74, 6) is 0.846. The van der Waals surface area contributed by atoms with Crippen LogP contribution in [0.2, 0.25) is 0 Å².